The van der Waals surface area contributed by atoms with E-state index in [1.807, 2.05) is 12.1 Å². The maximum Gasteiger partial charge on any atom is 0.411 e. The lowest BCUT2D eigenvalue weighted by atomic mass is 10.1. The van der Waals surface area contributed by atoms with Crippen molar-refractivity contribution in [3.05, 3.63) is 29.8 Å². The van der Waals surface area contributed by atoms with Crippen molar-refractivity contribution in [1.82, 2.24) is 0 Å². The van der Waals surface area contributed by atoms with Crippen LogP contribution in [0.15, 0.2) is 24.3 Å². The Hall–Kier alpha value is -1.84. The molecule has 0 aliphatic rings. The molecule has 16 heavy (non-hydrogen) atoms. The van der Waals surface area contributed by atoms with Crippen LogP contribution in [0.2, 0.25) is 0 Å². The normalized spacial score (nSPS) is 9.62. The van der Waals surface area contributed by atoms with Gasteiger partial charge >= 0.3 is 6.09 Å². The fourth-order valence-corrected chi connectivity index (χ4v) is 1.28. The number of hydrogen-bond donors (Lipinski definition) is 1. The van der Waals surface area contributed by atoms with Crippen LogP contribution >= 0.6 is 0 Å². The Kier molecular flexibility index (Phi) is 4.51. The minimum Gasteiger partial charge on any atom is -0.450 e. The molecular weight excluding hydrogens is 206 g/mol. The van der Waals surface area contributed by atoms with Crippen LogP contribution in [0.25, 0.3) is 0 Å². The van der Waals surface area contributed by atoms with Crippen LogP contribution in [-0.4, -0.2) is 18.5 Å². The van der Waals surface area contributed by atoms with E-state index in [-0.39, 0.29) is 5.78 Å². The molecule has 1 amide bonds. The second-order valence-corrected chi connectivity index (χ2v) is 3.42. The molecule has 0 saturated carbocycles. The number of ether oxygens (including phenoxy) is 1. The standard InChI is InChI=1S/C12H15NO3/c1-3-16-12(15)13-11-6-4-10(5-7-11)8-9(2)14/h4-7H,3,8H2,1-2H3,(H,13,15). The summed E-state index contributed by atoms with van der Waals surface area (Å²) in [5.41, 5.74) is 1.59. The van der Waals surface area contributed by atoms with Crippen molar-refractivity contribution in [2.24, 2.45) is 0 Å². The van der Waals surface area contributed by atoms with Gasteiger partial charge in [-0.25, -0.2) is 4.79 Å². The molecule has 0 spiro atoms. The van der Waals surface area contributed by atoms with Crippen LogP contribution in [0.5, 0.6) is 0 Å². The SMILES string of the molecule is CCOC(=O)Nc1ccc(CC(C)=O)cc1. The third-order valence-electron chi connectivity index (χ3n) is 1.93. The van der Waals surface area contributed by atoms with E-state index in [4.69, 9.17) is 4.74 Å². The monoisotopic (exact) mass is 221 g/mol. The highest BCUT2D eigenvalue weighted by atomic mass is 16.5. The lowest BCUT2D eigenvalue weighted by molar-refractivity contribution is -0.116. The molecule has 0 heterocycles. The van der Waals surface area contributed by atoms with Crippen molar-refractivity contribution in [3.63, 3.8) is 0 Å². The average molecular weight is 221 g/mol. The van der Waals surface area contributed by atoms with E-state index in [1.54, 1.807) is 26.0 Å². The van der Waals surface area contributed by atoms with Gasteiger partial charge in [-0.05, 0) is 31.5 Å². The van der Waals surface area contributed by atoms with Crippen molar-refractivity contribution >= 4 is 17.6 Å². The minimum atomic E-state index is -0.471. The number of carbonyl (C=O) groups is 2. The number of benzene rings is 1. The van der Waals surface area contributed by atoms with E-state index in [9.17, 15) is 9.59 Å². The Balaban J connectivity index is 2.57. The van der Waals surface area contributed by atoms with Crippen LogP contribution < -0.4 is 5.32 Å². The highest BCUT2D eigenvalue weighted by molar-refractivity contribution is 5.84. The molecule has 0 unspecified atom stereocenters. The molecule has 86 valence electrons. The number of anilines is 1. The van der Waals surface area contributed by atoms with Gasteiger partial charge in [0, 0.05) is 12.1 Å². The van der Waals surface area contributed by atoms with E-state index in [0.717, 1.165) is 5.56 Å². The van der Waals surface area contributed by atoms with Crippen molar-refractivity contribution in [3.8, 4) is 0 Å². The quantitative estimate of drug-likeness (QED) is 0.849. The van der Waals surface area contributed by atoms with Gasteiger partial charge in [0.15, 0.2) is 0 Å². The van der Waals surface area contributed by atoms with Crippen LogP contribution in [0.3, 0.4) is 0 Å². The zero-order valence-electron chi connectivity index (χ0n) is 9.45. The molecule has 0 fully saturated rings. The highest BCUT2D eigenvalue weighted by Crippen LogP contribution is 2.10. The second-order valence-electron chi connectivity index (χ2n) is 3.42. The third-order valence-corrected chi connectivity index (χ3v) is 1.93. The lowest BCUT2D eigenvalue weighted by Crippen LogP contribution is -2.13. The molecular formula is C12H15NO3. The Labute approximate surface area is 94.6 Å². The van der Waals surface area contributed by atoms with Crippen LogP contribution in [0.4, 0.5) is 10.5 Å². The third kappa shape index (κ3) is 4.13. The van der Waals surface area contributed by atoms with E-state index in [0.29, 0.717) is 18.7 Å². The molecule has 1 rings (SSSR count). The predicted molar refractivity (Wildman–Crippen MR) is 61.5 cm³/mol. The van der Waals surface area contributed by atoms with Crippen LogP contribution in [0, 0.1) is 0 Å². The Morgan fingerprint density at radius 3 is 2.38 bits per heavy atom. The van der Waals surface area contributed by atoms with Gasteiger partial charge in [-0.1, -0.05) is 12.1 Å². The molecule has 4 heteroatoms. The van der Waals surface area contributed by atoms with Crippen LogP contribution in [-0.2, 0) is 16.0 Å². The number of amides is 1. The molecule has 0 saturated heterocycles. The van der Waals surface area contributed by atoms with Gasteiger partial charge in [0.1, 0.15) is 5.78 Å². The van der Waals surface area contributed by atoms with Gasteiger partial charge in [0.05, 0.1) is 6.61 Å². The zero-order chi connectivity index (χ0) is 12.0. The van der Waals surface area contributed by atoms with E-state index < -0.39 is 6.09 Å². The van der Waals surface area contributed by atoms with E-state index in [1.165, 1.54) is 0 Å². The minimum absolute atomic E-state index is 0.117. The number of carbonyl (C=O) groups excluding carboxylic acids is 2. The molecule has 0 aromatic heterocycles. The Bertz CT molecular complexity index is 370. The van der Waals surface area contributed by atoms with Crippen molar-refractivity contribution < 1.29 is 14.3 Å². The highest BCUT2D eigenvalue weighted by Gasteiger charge is 2.02. The van der Waals surface area contributed by atoms with E-state index in [2.05, 4.69) is 5.32 Å². The van der Waals surface area contributed by atoms with Gasteiger partial charge in [-0.3, -0.25) is 10.1 Å². The molecule has 1 aromatic rings. The molecule has 1 N–H and O–H groups in total. The fourth-order valence-electron chi connectivity index (χ4n) is 1.28. The number of Topliss-reactive ketones (excluding diaryl/α,β-unsaturated/α-hetero) is 1. The van der Waals surface area contributed by atoms with Crippen molar-refractivity contribution in [2.75, 3.05) is 11.9 Å². The van der Waals surface area contributed by atoms with Gasteiger partial charge < -0.3 is 4.74 Å². The summed E-state index contributed by atoms with van der Waals surface area (Å²) in [6.45, 7) is 3.63. The second kappa shape index (κ2) is 5.90. The number of nitrogens with one attached hydrogen (secondary N) is 1. The summed E-state index contributed by atoms with van der Waals surface area (Å²) in [6.07, 6.45) is -0.0542. The van der Waals surface area contributed by atoms with Crippen LogP contribution in [0.1, 0.15) is 19.4 Å². The summed E-state index contributed by atoms with van der Waals surface area (Å²) in [4.78, 5) is 22.0. The molecule has 0 radical (unpaired) electrons. The van der Waals surface area contributed by atoms with Crippen molar-refractivity contribution in [1.29, 1.82) is 0 Å². The number of rotatable bonds is 4. The first-order valence-electron chi connectivity index (χ1n) is 5.14. The first kappa shape index (κ1) is 12.2. The summed E-state index contributed by atoms with van der Waals surface area (Å²) in [6, 6.07) is 7.11. The maximum absolute atomic E-state index is 11.1. The maximum atomic E-state index is 11.1. The number of hydrogen-bond acceptors (Lipinski definition) is 3. The molecule has 0 aliphatic carbocycles. The topological polar surface area (TPSA) is 55.4 Å². The largest absolute Gasteiger partial charge is 0.450 e. The van der Waals surface area contributed by atoms with Gasteiger partial charge in [-0.15, -0.1) is 0 Å². The average Bonchev–Trinajstić information content (AvgIpc) is 2.20. The fraction of sp³-hybridized carbons (Fsp3) is 0.333. The zero-order valence-corrected chi connectivity index (χ0v) is 9.45. The Morgan fingerprint density at radius 1 is 1.25 bits per heavy atom. The summed E-state index contributed by atoms with van der Waals surface area (Å²) < 4.78 is 4.74. The summed E-state index contributed by atoms with van der Waals surface area (Å²) in [5.74, 6) is 0.117. The molecule has 0 atom stereocenters. The van der Waals surface area contributed by atoms with Crippen molar-refractivity contribution in [2.45, 2.75) is 20.3 Å². The smallest absolute Gasteiger partial charge is 0.411 e. The molecule has 0 bridgehead atoms. The van der Waals surface area contributed by atoms with E-state index >= 15 is 0 Å². The number of ketones is 1. The predicted octanol–water partition coefficient (Wildman–Crippen LogP) is 2.39. The lowest BCUT2D eigenvalue weighted by Gasteiger charge is -2.05. The van der Waals surface area contributed by atoms with Gasteiger partial charge in [0.2, 0.25) is 0 Å². The first-order chi connectivity index (χ1) is 7.61. The summed E-state index contributed by atoms with van der Waals surface area (Å²) >= 11 is 0. The molecule has 0 aliphatic heterocycles. The summed E-state index contributed by atoms with van der Waals surface area (Å²) in [7, 11) is 0. The molecule has 4 nitrogen and oxygen atoms in total. The molecule has 1 aromatic carbocycles. The first-order valence-corrected chi connectivity index (χ1v) is 5.14. The van der Waals surface area contributed by atoms with Gasteiger partial charge in [0.25, 0.3) is 0 Å². The summed E-state index contributed by atoms with van der Waals surface area (Å²) in [5, 5.41) is 2.58. The van der Waals surface area contributed by atoms with Gasteiger partial charge in [-0.2, -0.15) is 0 Å². The Morgan fingerprint density at radius 2 is 1.88 bits per heavy atom.